The summed E-state index contributed by atoms with van der Waals surface area (Å²) in [6, 6.07) is 0. The number of ether oxygens (including phenoxy) is 1. The van der Waals surface area contributed by atoms with Crippen molar-refractivity contribution in [2.45, 2.75) is 43.4 Å². The van der Waals surface area contributed by atoms with E-state index in [0.717, 1.165) is 12.8 Å². The van der Waals surface area contributed by atoms with Gasteiger partial charge in [0.25, 0.3) is 0 Å². The molecule has 1 aliphatic rings. The maximum atomic E-state index is 11.3. The highest BCUT2D eigenvalue weighted by Crippen LogP contribution is 2.46. The van der Waals surface area contributed by atoms with E-state index in [1.54, 1.807) is 0 Å². The minimum Gasteiger partial charge on any atom is -0.466 e. The van der Waals surface area contributed by atoms with Gasteiger partial charge in [-0.05, 0) is 12.8 Å². The van der Waals surface area contributed by atoms with Gasteiger partial charge in [0.05, 0.1) is 6.61 Å². The third kappa shape index (κ3) is 3.36. The lowest BCUT2D eigenvalue weighted by atomic mass is 9.79. The van der Waals surface area contributed by atoms with Gasteiger partial charge in [-0.3, -0.25) is 9.59 Å². The number of carbonyl (C=O) groups is 2. The molecule has 0 spiro atoms. The Bertz CT molecular complexity index is 276. The second-order valence-electron chi connectivity index (χ2n) is 4.06. The van der Waals surface area contributed by atoms with E-state index >= 15 is 0 Å². The van der Waals surface area contributed by atoms with Gasteiger partial charge in [-0.2, -0.15) is 0 Å². The molecule has 0 bridgehead atoms. The summed E-state index contributed by atoms with van der Waals surface area (Å²) in [6.45, 7) is 2.50. The highest BCUT2D eigenvalue weighted by Gasteiger charge is 2.51. The SMILES string of the molecule is CCCCOC(=O)CCC1CC(=O)C1(Cl)Cl. The van der Waals surface area contributed by atoms with Crippen molar-refractivity contribution in [1.29, 1.82) is 0 Å². The monoisotopic (exact) mass is 266 g/mol. The molecule has 0 aromatic carbocycles. The maximum absolute atomic E-state index is 11.3. The third-order valence-electron chi connectivity index (χ3n) is 2.77. The Labute approximate surface area is 105 Å². The Morgan fingerprint density at radius 2 is 2.25 bits per heavy atom. The Morgan fingerprint density at radius 1 is 1.56 bits per heavy atom. The van der Waals surface area contributed by atoms with Crippen LogP contribution in [0.3, 0.4) is 0 Å². The lowest BCUT2D eigenvalue weighted by Crippen LogP contribution is -2.47. The van der Waals surface area contributed by atoms with E-state index in [4.69, 9.17) is 27.9 Å². The summed E-state index contributed by atoms with van der Waals surface area (Å²) in [7, 11) is 0. The zero-order chi connectivity index (χ0) is 12.2. The third-order valence-corrected chi connectivity index (χ3v) is 3.81. The lowest BCUT2D eigenvalue weighted by molar-refractivity contribution is -0.145. The first-order valence-corrected chi connectivity index (χ1v) is 6.30. The Balaban J connectivity index is 2.16. The van der Waals surface area contributed by atoms with Crippen LogP contribution in [-0.2, 0) is 14.3 Å². The van der Waals surface area contributed by atoms with Crippen LogP contribution in [0.25, 0.3) is 0 Å². The Kier molecular flexibility index (Phi) is 5.06. The van der Waals surface area contributed by atoms with Crippen LogP contribution in [0.2, 0.25) is 0 Å². The molecule has 1 fully saturated rings. The number of unbranched alkanes of at least 4 members (excludes halogenated alkanes) is 1. The average molecular weight is 267 g/mol. The first-order valence-electron chi connectivity index (χ1n) is 5.55. The molecule has 1 atom stereocenters. The second-order valence-corrected chi connectivity index (χ2v) is 5.45. The summed E-state index contributed by atoms with van der Waals surface area (Å²) in [4.78, 5) is 22.3. The molecule has 16 heavy (non-hydrogen) atoms. The summed E-state index contributed by atoms with van der Waals surface area (Å²) < 4.78 is 3.71. The molecule has 1 aliphatic carbocycles. The van der Waals surface area contributed by atoms with Crippen molar-refractivity contribution in [3.05, 3.63) is 0 Å². The second kappa shape index (κ2) is 5.87. The number of ketones is 1. The molecule has 0 aromatic rings. The molecule has 3 nitrogen and oxygen atoms in total. The molecule has 0 amide bonds. The first-order chi connectivity index (χ1) is 7.48. The van der Waals surface area contributed by atoms with Crippen molar-refractivity contribution in [2.75, 3.05) is 6.61 Å². The van der Waals surface area contributed by atoms with Crippen molar-refractivity contribution in [1.82, 2.24) is 0 Å². The molecule has 1 unspecified atom stereocenters. The van der Waals surface area contributed by atoms with Crippen LogP contribution >= 0.6 is 23.2 Å². The normalized spacial score (nSPS) is 22.7. The molecule has 1 saturated carbocycles. The Hall–Kier alpha value is -0.280. The van der Waals surface area contributed by atoms with E-state index in [9.17, 15) is 9.59 Å². The standard InChI is InChI=1S/C11H16Cl2O3/c1-2-3-6-16-10(15)5-4-8-7-9(14)11(8,12)13/h8H,2-7H2,1H3. The number of rotatable bonds is 6. The number of esters is 1. The molecular formula is C11H16Cl2O3. The molecule has 0 aliphatic heterocycles. The quantitative estimate of drug-likeness (QED) is 0.422. The van der Waals surface area contributed by atoms with Gasteiger partial charge in [-0.25, -0.2) is 0 Å². The van der Waals surface area contributed by atoms with Crippen LogP contribution in [0.5, 0.6) is 0 Å². The number of Topliss-reactive ketones (excluding diaryl/α,β-unsaturated/α-hetero) is 1. The Morgan fingerprint density at radius 3 is 2.75 bits per heavy atom. The first kappa shape index (κ1) is 13.8. The molecule has 5 heteroatoms. The van der Waals surface area contributed by atoms with Crippen LogP contribution in [0.15, 0.2) is 0 Å². The summed E-state index contributed by atoms with van der Waals surface area (Å²) in [6.07, 6.45) is 3.04. The van der Waals surface area contributed by atoms with Gasteiger partial charge < -0.3 is 4.74 Å². The fourth-order valence-corrected chi connectivity index (χ4v) is 2.09. The molecule has 92 valence electrons. The van der Waals surface area contributed by atoms with E-state index in [-0.39, 0.29) is 24.1 Å². The molecule has 1 rings (SSSR count). The number of halogens is 2. The maximum Gasteiger partial charge on any atom is 0.305 e. The molecule has 0 radical (unpaired) electrons. The van der Waals surface area contributed by atoms with Crippen LogP contribution in [0.1, 0.15) is 39.0 Å². The van der Waals surface area contributed by atoms with Crippen LogP contribution < -0.4 is 0 Å². The van der Waals surface area contributed by atoms with Gasteiger partial charge in [0.2, 0.25) is 0 Å². The van der Waals surface area contributed by atoms with Gasteiger partial charge >= 0.3 is 5.97 Å². The van der Waals surface area contributed by atoms with Gasteiger partial charge in [-0.15, -0.1) is 0 Å². The van der Waals surface area contributed by atoms with Crippen LogP contribution in [0.4, 0.5) is 0 Å². The van der Waals surface area contributed by atoms with Gasteiger partial charge in [0.1, 0.15) is 0 Å². The summed E-state index contributed by atoms with van der Waals surface area (Å²) in [5.74, 6) is -0.501. The van der Waals surface area contributed by atoms with Crippen LogP contribution in [-0.4, -0.2) is 22.7 Å². The fourth-order valence-electron chi connectivity index (χ4n) is 1.56. The number of hydrogen-bond donors (Lipinski definition) is 0. The van der Waals surface area contributed by atoms with Gasteiger partial charge in [0, 0.05) is 18.8 Å². The zero-order valence-corrected chi connectivity index (χ0v) is 10.8. The molecule has 0 N–H and O–H groups in total. The van der Waals surface area contributed by atoms with Crippen molar-refractivity contribution in [3.8, 4) is 0 Å². The summed E-state index contributed by atoms with van der Waals surface area (Å²) in [5.41, 5.74) is 0. The average Bonchev–Trinajstić information content (AvgIpc) is 2.24. The highest BCUT2D eigenvalue weighted by atomic mass is 35.5. The predicted octanol–water partition coefficient (Wildman–Crippen LogP) is 2.87. The topological polar surface area (TPSA) is 43.4 Å². The minimum atomic E-state index is -1.27. The highest BCUT2D eigenvalue weighted by molar-refractivity contribution is 6.60. The van der Waals surface area contributed by atoms with Crippen LogP contribution in [0, 0.1) is 5.92 Å². The van der Waals surface area contributed by atoms with Crippen molar-refractivity contribution in [2.24, 2.45) is 5.92 Å². The van der Waals surface area contributed by atoms with Gasteiger partial charge in [-0.1, -0.05) is 36.5 Å². The molecular weight excluding hydrogens is 251 g/mol. The lowest BCUT2D eigenvalue weighted by Gasteiger charge is -2.37. The van der Waals surface area contributed by atoms with Gasteiger partial charge in [0.15, 0.2) is 10.1 Å². The largest absolute Gasteiger partial charge is 0.466 e. The predicted molar refractivity (Wildman–Crippen MR) is 62.7 cm³/mol. The van der Waals surface area contributed by atoms with Crippen molar-refractivity contribution >= 4 is 35.0 Å². The molecule has 0 saturated heterocycles. The van der Waals surface area contributed by atoms with E-state index < -0.39 is 4.33 Å². The van der Waals surface area contributed by atoms with Crippen molar-refractivity contribution in [3.63, 3.8) is 0 Å². The minimum absolute atomic E-state index is 0.109. The zero-order valence-electron chi connectivity index (χ0n) is 9.30. The number of carbonyl (C=O) groups excluding carboxylic acids is 2. The number of hydrogen-bond acceptors (Lipinski definition) is 3. The summed E-state index contributed by atoms with van der Waals surface area (Å²) in [5, 5.41) is 0. The van der Waals surface area contributed by atoms with E-state index in [1.807, 2.05) is 6.92 Å². The van der Waals surface area contributed by atoms with E-state index in [1.165, 1.54) is 0 Å². The van der Waals surface area contributed by atoms with Crippen molar-refractivity contribution < 1.29 is 14.3 Å². The van der Waals surface area contributed by atoms with E-state index in [2.05, 4.69) is 0 Å². The fraction of sp³-hybridized carbons (Fsp3) is 0.818. The smallest absolute Gasteiger partial charge is 0.305 e. The molecule has 0 aromatic heterocycles. The summed E-state index contributed by atoms with van der Waals surface area (Å²) >= 11 is 11.6. The van der Waals surface area contributed by atoms with E-state index in [0.29, 0.717) is 19.4 Å². The number of alkyl halides is 2. The molecule has 0 heterocycles.